The summed E-state index contributed by atoms with van der Waals surface area (Å²) in [4.78, 5) is 9.00. The Balaban J connectivity index is 1.78. The van der Waals surface area contributed by atoms with Crippen molar-refractivity contribution in [2.75, 3.05) is 11.9 Å². The predicted octanol–water partition coefficient (Wildman–Crippen LogP) is 2.56. The maximum Gasteiger partial charge on any atom is 0.223 e. The molecule has 2 aromatic rings. The first kappa shape index (κ1) is 15.0. The molecule has 0 aliphatic carbocycles. The highest BCUT2D eigenvalue weighted by Crippen LogP contribution is 2.26. The summed E-state index contributed by atoms with van der Waals surface area (Å²) in [5, 5.41) is 7.81. The van der Waals surface area contributed by atoms with Crippen LogP contribution in [0.15, 0.2) is 18.5 Å². The average Bonchev–Trinajstić information content (AvgIpc) is 2.77. The monoisotopic (exact) mass is 301 g/mol. The van der Waals surface area contributed by atoms with Gasteiger partial charge in [0, 0.05) is 37.7 Å². The fraction of sp³-hybridized carbons (Fsp3) is 0.562. The van der Waals surface area contributed by atoms with E-state index in [1.807, 2.05) is 26.2 Å². The SMILES string of the molecule is Cc1nn(C)cc1-c1ccnc(NC2CCOC(C)(C)C2)n1. The number of hydrogen-bond donors (Lipinski definition) is 1. The Kier molecular flexibility index (Phi) is 3.87. The highest BCUT2D eigenvalue weighted by atomic mass is 16.5. The largest absolute Gasteiger partial charge is 0.375 e. The van der Waals surface area contributed by atoms with E-state index in [1.54, 1.807) is 10.9 Å². The molecule has 0 saturated carbocycles. The molecule has 6 nitrogen and oxygen atoms in total. The van der Waals surface area contributed by atoms with Crippen molar-refractivity contribution in [3.8, 4) is 11.3 Å². The average molecular weight is 301 g/mol. The van der Waals surface area contributed by atoms with E-state index in [0.717, 1.165) is 36.4 Å². The molecule has 1 atom stereocenters. The molecule has 22 heavy (non-hydrogen) atoms. The Labute approximate surface area is 130 Å². The summed E-state index contributed by atoms with van der Waals surface area (Å²) < 4.78 is 7.56. The standard InChI is InChI=1S/C16H23N5O/c1-11-13(10-21(4)20-11)14-5-7-17-15(19-14)18-12-6-8-22-16(2,3)9-12/h5,7,10,12H,6,8-9H2,1-4H3,(H,17,18,19). The third-order valence-electron chi connectivity index (χ3n) is 3.98. The summed E-state index contributed by atoms with van der Waals surface area (Å²) >= 11 is 0. The lowest BCUT2D eigenvalue weighted by molar-refractivity contribution is -0.0553. The molecule has 118 valence electrons. The second kappa shape index (κ2) is 5.68. The molecule has 1 aliphatic rings. The molecule has 1 saturated heterocycles. The van der Waals surface area contributed by atoms with Gasteiger partial charge in [0.1, 0.15) is 0 Å². The first-order chi connectivity index (χ1) is 10.4. The van der Waals surface area contributed by atoms with Gasteiger partial charge in [-0.1, -0.05) is 0 Å². The van der Waals surface area contributed by atoms with E-state index in [1.165, 1.54) is 0 Å². The molecule has 0 bridgehead atoms. The van der Waals surface area contributed by atoms with Gasteiger partial charge in [0.25, 0.3) is 0 Å². The number of nitrogens with one attached hydrogen (secondary N) is 1. The Bertz CT molecular complexity index is 664. The van der Waals surface area contributed by atoms with E-state index in [4.69, 9.17) is 4.74 Å². The molecule has 0 spiro atoms. The maximum absolute atomic E-state index is 5.75. The van der Waals surface area contributed by atoms with Gasteiger partial charge in [0.2, 0.25) is 5.95 Å². The van der Waals surface area contributed by atoms with Crippen molar-refractivity contribution in [1.82, 2.24) is 19.7 Å². The highest BCUT2D eigenvalue weighted by molar-refractivity contribution is 5.61. The van der Waals surface area contributed by atoms with Crippen LogP contribution >= 0.6 is 0 Å². The molecule has 1 fully saturated rings. The fourth-order valence-electron chi connectivity index (χ4n) is 2.97. The zero-order valence-corrected chi connectivity index (χ0v) is 13.6. The third kappa shape index (κ3) is 3.27. The molecule has 1 aliphatic heterocycles. The molecule has 1 unspecified atom stereocenters. The van der Waals surface area contributed by atoms with Crippen LogP contribution in [0, 0.1) is 6.92 Å². The van der Waals surface area contributed by atoms with Crippen molar-refractivity contribution in [2.45, 2.75) is 45.3 Å². The Morgan fingerprint density at radius 1 is 1.41 bits per heavy atom. The summed E-state index contributed by atoms with van der Waals surface area (Å²) in [5.74, 6) is 0.670. The number of aryl methyl sites for hydroxylation is 2. The molecule has 6 heteroatoms. The van der Waals surface area contributed by atoms with Gasteiger partial charge < -0.3 is 10.1 Å². The number of aromatic nitrogens is 4. The Morgan fingerprint density at radius 2 is 2.23 bits per heavy atom. The van der Waals surface area contributed by atoms with E-state index in [9.17, 15) is 0 Å². The maximum atomic E-state index is 5.75. The molecule has 3 rings (SSSR count). The lowest BCUT2D eigenvalue weighted by atomic mass is 9.94. The topological polar surface area (TPSA) is 64.9 Å². The normalized spacial score (nSPS) is 20.8. The van der Waals surface area contributed by atoms with Crippen LogP contribution in [-0.4, -0.2) is 38.0 Å². The number of rotatable bonds is 3. The van der Waals surface area contributed by atoms with Crippen LogP contribution in [0.2, 0.25) is 0 Å². The van der Waals surface area contributed by atoms with Gasteiger partial charge in [-0.25, -0.2) is 9.97 Å². The zero-order valence-electron chi connectivity index (χ0n) is 13.6. The Hall–Kier alpha value is -1.95. The van der Waals surface area contributed by atoms with Crippen molar-refractivity contribution in [2.24, 2.45) is 7.05 Å². The molecule has 0 aromatic carbocycles. The second-order valence-corrected chi connectivity index (χ2v) is 6.51. The van der Waals surface area contributed by atoms with Crippen molar-refractivity contribution < 1.29 is 4.74 Å². The minimum absolute atomic E-state index is 0.0898. The lowest BCUT2D eigenvalue weighted by Crippen LogP contribution is -2.40. The van der Waals surface area contributed by atoms with Crippen LogP contribution in [0.5, 0.6) is 0 Å². The van der Waals surface area contributed by atoms with Crippen LogP contribution in [0.4, 0.5) is 5.95 Å². The second-order valence-electron chi connectivity index (χ2n) is 6.51. The molecule has 1 N–H and O–H groups in total. The van der Waals surface area contributed by atoms with Gasteiger partial charge in [-0.15, -0.1) is 0 Å². The van der Waals surface area contributed by atoms with E-state index in [-0.39, 0.29) is 5.60 Å². The highest BCUT2D eigenvalue weighted by Gasteiger charge is 2.29. The summed E-state index contributed by atoms with van der Waals surface area (Å²) in [6.45, 7) is 7.01. The van der Waals surface area contributed by atoms with Crippen molar-refractivity contribution in [3.05, 3.63) is 24.2 Å². The molecule has 0 amide bonds. The summed E-state index contributed by atoms with van der Waals surface area (Å²) in [7, 11) is 1.92. The lowest BCUT2D eigenvalue weighted by Gasteiger charge is -2.35. The van der Waals surface area contributed by atoms with Crippen LogP contribution in [0.1, 0.15) is 32.4 Å². The van der Waals surface area contributed by atoms with Crippen LogP contribution < -0.4 is 5.32 Å². The van der Waals surface area contributed by atoms with Gasteiger partial charge in [-0.2, -0.15) is 5.10 Å². The molecular formula is C16H23N5O. The van der Waals surface area contributed by atoms with E-state index >= 15 is 0 Å². The minimum Gasteiger partial charge on any atom is -0.375 e. The van der Waals surface area contributed by atoms with Crippen LogP contribution in [0.25, 0.3) is 11.3 Å². The van der Waals surface area contributed by atoms with Crippen molar-refractivity contribution >= 4 is 5.95 Å². The van der Waals surface area contributed by atoms with E-state index in [2.05, 4.69) is 34.2 Å². The summed E-state index contributed by atoms with van der Waals surface area (Å²) in [6.07, 6.45) is 5.70. The van der Waals surface area contributed by atoms with Crippen molar-refractivity contribution in [3.63, 3.8) is 0 Å². The number of ether oxygens (including phenoxy) is 1. The Morgan fingerprint density at radius 3 is 2.91 bits per heavy atom. The fourth-order valence-corrected chi connectivity index (χ4v) is 2.97. The van der Waals surface area contributed by atoms with Gasteiger partial charge in [0.15, 0.2) is 0 Å². The van der Waals surface area contributed by atoms with E-state index in [0.29, 0.717) is 12.0 Å². The van der Waals surface area contributed by atoms with Gasteiger partial charge in [0.05, 0.1) is 17.0 Å². The van der Waals surface area contributed by atoms with Crippen LogP contribution in [0.3, 0.4) is 0 Å². The molecular weight excluding hydrogens is 278 g/mol. The minimum atomic E-state index is -0.0898. The van der Waals surface area contributed by atoms with Gasteiger partial charge in [-0.05, 0) is 39.7 Å². The van der Waals surface area contributed by atoms with Gasteiger partial charge in [-0.3, -0.25) is 4.68 Å². The first-order valence-corrected chi connectivity index (χ1v) is 7.67. The predicted molar refractivity (Wildman–Crippen MR) is 85.6 cm³/mol. The molecule has 0 radical (unpaired) electrons. The number of nitrogens with zero attached hydrogens (tertiary/aromatic N) is 4. The van der Waals surface area contributed by atoms with E-state index < -0.39 is 0 Å². The number of hydrogen-bond acceptors (Lipinski definition) is 5. The quantitative estimate of drug-likeness (QED) is 0.944. The zero-order chi connectivity index (χ0) is 15.7. The molecule has 2 aromatic heterocycles. The first-order valence-electron chi connectivity index (χ1n) is 7.67. The smallest absolute Gasteiger partial charge is 0.223 e. The third-order valence-corrected chi connectivity index (χ3v) is 3.98. The number of anilines is 1. The summed E-state index contributed by atoms with van der Waals surface area (Å²) in [6, 6.07) is 2.26. The van der Waals surface area contributed by atoms with Gasteiger partial charge >= 0.3 is 0 Å². The van der Waals surface area contributed by atoms with Crippen LogP contribution in [-0.2, 0) is 11.8 Å². The molecule has 3 heterocycles. The summed E-state index contributed by atoms with van der Waals surface area (Å²) in [5.41, 5.74) is 2.82. The van der Waals surface area contributed by atoms with Crippen molar-refractivity contribution in [1.29, 1.82) is 0 Å².